The van der Waals surface area contributed by atoms with Crippen molar-refractivity contribution in [3.63, 3.8) is 0 Å². The number of benzene rings is 1. The van der Waals surface area contributed by atoms with Gasteiger partial charge in [0.1, 0.15) is 0 Å². The fourth-order valence-corrected chi connectivity index (χ4v) is 2.42. The maximum absolute atomic E-state index is 3.83. The van der Waals surface area contributed by atoms with Crippen molar-refractivity contribution in [2.75, 3.05) is 0 Å². The molecule has 0 atom stereocenters. The molecular weight excluding hydrogens is 168 g/mol. The van der Waals surface area contributed by atoms with Gasteiger partial charge in [0.2, 0.25) is 0 Å². The van der Waals surface area contributed by atoms with Crippen LogP contribution in [-0.2, 0) is 11.8 Å². The highest BCUT2D eigenvalue weighted by atomic mass is 14.3. The van der Waals surface area contributed by atoms with Crippen molar-refractivity contribution in [2.45, 2.75) is 38.5 Å². The standard InChI is InChI=1S/C14H18/c1-4-11-7-8-12-6-5-9-14(2,3)13(12)10-11/h4,7-8,10H,1,5-6,9H2,2-3H3. The van der Waals surface area contributed by atoms with Gasteiger partial charge in [-0.3, -0.25) is 0 Å². The van der Waals surface area contributed by atoms with Gasteiger partial charge in [0.25, 0.3) is 0 Å². The molecule has 0 nitrogen and oxygen atoms in total. The molecular formula is C14H18. The van der Waals surface area contributed by atoms with Crippen LogP contribution in [0.1, 0.15) is 43.4 Å². The van der Waals surface area contributed by atoms with Crippen LogP contribution in [0.25, 0.3) is 6.08 Å². The average molecular weight is 186 g/mol. The molecule has 0 saturated heterocycles. The highest BCUT2D eigenvalue weighted by molar-refractivity contribution is 5.52. The lowest BCUT2D eigenvalue weighted by Crippen LogP contribution is -2.23. The molecule has 1 aromatic rings. The van der Waals surface area contributed by atoms with Crippen molar-refractivity contribution >= 4 is 6.08 Å². The molecule has 0 aromatic heterocycles. The maximum atomic E-state index is 3.83. The number of hydrogen-bond donors (Lipinski definition) is 0. The molecule has 1 aliphatic rings. The van der Waals surface area contributed by atoms with E-state index in [0.29, 0.717) is 5.41 Å². The summed E-state index contributed by atoms with van der Waals surface area (Å²) in [6, 6.07) is 6.75. The van der Waals surface area contributed by atoms with Crippen LogP contribution in [0.15, 0.2) is 24.8 Å². The van der Waals surface area contributed by atoms with Crippen LogP contribution in [-0.4, -0.2) is 0 Å². The molecule has 0 amide bonds. The van der Waals surface area contributed by atoms with Gasteiger partial charge >= 0.3 is 0 Å². The summed E-state index contributed by atoms with van der Waals surface area (Å²) in [5, 5.41) is 0. The van der Waals surface area contributed by atoms with Gasteiger partial charge in [0.05, 0.1) is 0 Å². The Hall–Kier alpha value is -1.04. The van der Waals surface area contributed by atoms with Gasteiger partial charge in [-0.05, 0) is 41.4 Å². The van der Waals surface area contributed by atoms with Crippen LogP contribution in [0, 0.1) is 0 Å². The maximum Gasteiger partial charge on any atom is -0.0100 e. The van der Waals surface area contributed by atoms with Gasteiger partial charge in [0.15, 0.2) is 0 Å². The molecule has 0 N–H and O–H groups in total. The lowest BCUT2D eigenvalue weighted by Gasteiger charge is -2.32. The van der Waals surface area contributed by atoms with Gasteiger partial charge in [-0.1, -0.05) is 44.7 Å². The molecule has 0 unspecified atom stereocenters. The summed E-state index contributed by atoms with van der Waals surface area (Å²) in [5.41, 5.74) is 4.67. The predicted molar refractivity (Wildman–Crippen MR) is 62.5 cm³/mol. The van der Waals surface area contributed by atoms with Gasteiger partial charge < -0.3 is 0 Å². The first kappa shape index (κ1) is 9.51. The molecule has 0 saturated carbocycles. The Kier molecular flexibility index (Phi) is 2.22. The summed E-state index contributed by atoms with van der Waals surface area (Å²) in [7, 11) is 0. The van der Waals surface area contributed by atoms with Crippen LogP contribution >= 0.6 is 0 Å². The zero-order chi connectivity index (χ0) is 10.2. The SMILES string of the molecule is C=Cc1ccc2c(c1)C(C)(C)CCC2. The minimum Gasteiger partial charge on any atom is -0.0985 e. The lowest BCUT2D eigenvalue weighted by atomic mass is 9.72. The largest absolute Gasteiger partial charge is 0.0985 e. The Balaban J connectivity index is 2.54. The molecule has 0 spiro atoms. The van der Waals surface area contributed by atoms with Crippen LogP contribution in [0.4, 0.5) is 0 Å². The van der Waals surface area contributed by atoms with Crippen molar-refractivity contribution in [3.8, 4) is 0 Å². The summed E-state index contributed by atoms with van der Waals surface area (Å²) in [5.74, 6) is 0. The topological polar surface area (TPSA) is 0 Å². The van der Waals surface area contributed by atoms with E-state index in [0.717, 1.165) is 0 Å². The Morgan fingerprint density at radius 1 is 1.36 bits per heavy atom. The molecule has 0 heterocycles. The summed E-state index contributed by atoms with van der Waals surface area (Å²) in [6.45, 7) is 8.52. The zero-order valence-electron chi connectivity index (χ0n) is 9.14. The highest BCUT2D eigenvalue weighted by Crippen LogP contribution is 2.37. The second-order valence-electron chi connectivity index (χ2n) is 4.86. The number of hydrogen-bond acceptors (Lipinski definition) is 0. The first-order chi connectivity index (χ1) is 6.63. The molecule has 2 rings (SSSR count). The number of aryl methyl sites for hydroxylation is 1. The van der Waals surface area contributed by atoms with Crippen molar-refractivity contribution in [2.24, 2.45) is 0 Å². The molecule has 0 aliphatic heterocycles. The molecule has 1 aromatic carbocycles. The van der Waals surface area contributed by atoms with E-state index in [-0.39, 0.29) is 0 Å². The Bertz CT molecular complexity index is 358. The van der Waals surface area contributed by atoms with Crippen molar-refractivity contribution < 1.29 is 0 Å². The average Bonchev–Trinajstić information content (AvgIpc) is 2.17. The van der Waals surface area contributed by atoms with E-state index in [9.17, 15) is 0 Å². The minimum atomic E-state index is 0.354. The lowest BCUT2D eigenvalue weighted by molar-refractivity contribution is 0.432. The van der Waals surface area contributed by atoms with Crippen molar-refractivity contribution in [1.29, 1.82) is 0 Å². The van der Waals surface area contributed by atoms with E-state index in [1.54, 1.807) is 0 Å². The molecule has 74 valence electrons. The molecule has 14 heavy (non-hydrogen) atoms. The summed E-state index contributed by atoms with van der Waals surface area (Å²) >= 11 is 0. The number of fused-ring (bicyclic) bond motifs is 1. The zero-order valence-corrected chi connectivity index (χ0v) is 9.14. The number of rotatable bonds is 1. The van der Waals surface area contributed by atoms with Crippen LogP contribution < -0.4 is 0 Å². The van der Waals surface area contributed by atoms with Crippen molar-refractivity contribution in [3.05, 3.63) is 41.5 Å². The second kappa shape index (κ2) is 3.27. The molecule has 0 bridgehead atoms. The first-order valence-corrected chi connectivity index (χ1v) is 5.39. The van der Waals surface area contributed by atoms with Crippen LogP contribution in [0.2, 0.25) is 0 Å². The summed E-state index contributed by atoms with van der Waals surface area (Å²) in [4.78, 5) is 0. The van der Waals surface area contributed by atoms with E-state index in [1.165, 1.54) is 36.0 Å². The fourth-order valence-electron chi connectivity index (χ4n) is 2.42. The van der Waals surface area contributed by atoms with E-state index in [1.807, 2.05) is 6.08 Å². The first-order valence-electron chi connectivity index (χ1n) is 5.39. The van der Waals surface area contributed by atoms with Crippen LogP contribution in [0.3, 0.4) is 0 Å². The van der Waals surface area contributed by atoms with E-state index in [2.05, 4.69) is 38.6 Å². The quantitative estimate of drug-likeness (QED) is 0.623. The molecule has 0 fully saturated rings. The Morgan fingerprint density at radius 2 is 2.14 bits per heavy atom. The Labute approximate surface area is 86.7 Å². The summed E-state index contributed by atoms with van der Waals surface area (Å²) < 4.78 is 0. The highest BCUT2D eigenvalue weighted by Gasteiger charge is 2.26. The van der Waals surface area contributed by atoms with E-state index in [4.69, 9.17) is 0 Å². The van der Waals surface area contributed by atoms with Gasteiger partial charge in [-0.2, -0.15) is 0 Å². The third kappa shape index (κ3) is 1.50. The smallest absolute Gasteiger partial charge is 0.0100 e. The summed E-state index contributed by atoms with van der Waals surface area (Å²) in [6.07, 6.45) is 5.81. The Morgan fingerprint density at radius 3 is 2.86 bits per heavy atom. The molecule has 0 heteroatoms. The fraction of sp³-hybridized carbons (Fsp3) is 0.429. The van der Waals surface area contributed by atoms with Gasteiger partial charge in [-0.15, -0.1) is 0 Å². The third-order valence-corrected chi connectivity index (χ3v) is 3.35. The minimum absolute atomic E-state index is 0.354. The van der Waals surface area contributed by atoms with E-state index >= 15 is 0 Å². The predicted octanol–water partition coefficient (Wildman–Crippen LogP) is 3.94. The monoisotopic (exact) mass is 186 g/mol. The van der Waals surface area contributed by atoms with E-state index < -0.39 is 0 Å². The normalized spacial score (nSPS) is 18.7. The van der Waals surface area contributed by atoms with Crippen LogP contribution in [0.5, 0.6) is 0 Å². The van der Waals surface area contributed by atoms with Gasteiger partial charge in [-0.25, -0.2) is 0 Å². The second-order valence-corrected chi connectivity index (χ2v) is 4.86. The van der Waals surface area contributed by atoms with Gasteiger partial charge in [0, 0.05) is 0 Å². The molecule has 1 aliphatic carbocycles. The third-order valence-electron chi connectivity index (χ3n) is 3.35. The van der Waals surface area contributed by atoms with Crippen molar-refractivity contribution in [1.82, 2.24) is 0 Å². The molecule has 0 radical (unpaired) electrons.